The van der Waals surface area contributed by atoms with Crippen molar-refractivity contribution in [1.82, 2.24) is 15.4 Å². The van der Waals surface area contributed by atoms with Crippen LogP contribution in [0.4, 0.5) is 0 Å². The molecule has 1 aliphatic rings. The summed E-state index contributed by atoms with van der Waals surface area (Å²) in [6, 6.07) is 0. The minimum Gasteiger partial charge on any atom is -0.315 e. The second kappa shape index (κ2) is 4.50. The minimum absolute atomic E-state index is 0.654. The van der Waals surface area contributed by atoms with E-state index in [0.717, 1.165) is 0 Å². The Labute approximate surface area is 83.7 Å². The van der Waals surface area contributed by atoms with E-state index < -0.39 is 28.8 Å². The fraction of sp³-hybridized carbons (Fsp3) is 0.200. The summed E-state index contributed by atoms with van der Waals surface area (Å²) in [5.41, 5.74) is 0. The minimum atomic E-state index is -4.38. The van der Waals surface area contributed by atoms with Crippen molar-refractivity contribution in [3.8, 4) is 0 Å². The number of aromatic amines is 1. The van der Waals surface area contributed by atoms with Crippen molar-refractivity contribution < 1.29 is 26.4 Å². The fourth-order valence-corrected chi connectivity index (χ4v) is 1.20. The van der Waals surface area contributed by atoms with E-state index in [4.69, 9.17) is 0 Å². The maximum atomic E-state index is 10.2. The third kappa shape index (κ3) is 4.17. The van der Waals surface area contributed by atoms with Gasteiger partial charge < -0.3 is 8.37 Å². The summed E-state index contributed by atoms with van der Waals surface area (Å²) in [6.07, 6.45) is 2.51. The average Bonchev–Trinajstić information content (AvgIpc) is 2.53. The van der Waals surface area contributed by atoms with Gasteiger partial charge >= 0.3 is 22.3 Å². The first-order valence-electron chi connectivity index (χ1n) is 3.49. The molecule has 1 aliphatic heterocycles. The van der Waals surface area contributed by atoms with E-state index in [1.165, 1.54) is 0 Å². The molecular weight excluding hydrogens is 230 g/mol. The van der Waals surface area contributed by atoms with E-state index in [0.29, 0.717) is 0 Å². The summed E-state index contributed by atoms with van der Waals surface area (Å²) in [4.78, 5) is 20.4. The highest BCUT2D eigenvalue weighted by molar-refractivity contribution is 7.82. The van der Waals surface area contributed by atoms with E-state index in [1.807, 2.05) is 0 Å². The molecule has 0 radical (unpaired) electrons. The fourth-order valence-electron chi connectivity index (χ4n) is 0.588. The molecule has 1 saturated heterocycles. The second-order valence-electron chi connectivity index (χ2n) is 2.15. The van der Waals surface area contributed by atoms with Crippen LogP contribution in [0.25, 0.3) is 0 Å². The number of carbonyl (C=O) groups excluding carboxylic acids is 2. The monoisotopic (exact) mass is 235 g/mol. The van der Waals surface area contributed by atoms with Gasteiger partial charge in [0, 0.05) is 0 Å². The van der Waals surface area contributed by atoms with Crippen LogP contribution in [0.2, 0.25) is 0 Å². The maximum absolute atomic E-state index is 10.2. The molecule has 0 aromatic carbocycles. The molecular formula is C5H5N3O6S. The Hall–Kier alpha value is -1.97. The van der Waals surface area contributed by atoms with Crippen molar-refractivity contribution in [2.75, 3.05) is 0 Å². The molecule has 1 aromatic heterocycles. The van der Waals surface area contributed by atoms with Crippen molar-refractivity contribution in [2.24, 2.45) is 0 Å². The third-order valence-corrected chi connectivity index (χ3v) is 1.79. The van der Waals surface area contributed by atoms with Crippen LogP contribution in [0.3, 0.4) is 0 Å². The number of nitrogens with one attached hydrogen (secondary N) is 1. The maximum Gasteiger partial charge on any atom is 0.506 e. The van der Waals surface area contributed by atoms with Gasteiger partial charge in [-0.15, -0.1) is 8.42 Å². The number of nitrogens with zero attached hydrogens (tertiary/aromatic N) is 2. The lowest BCUT2D eigenvalue weighted by Gasteiger charge is -2.08. The molecule has 2 heterocycles. The highest BCUT2D eigenvalue weighted by atomic mass is 32.3. The Morgan fingerprint density at radius 2 is 1.60 bits per heavy atom. The Morgan fingerprint density at radius 3 is 1.87 bits per heavy atom. The van der Waals surface area contributed by atoms with Gasteiger partial charge in [0.1, 0.15) is 6.42 Å². The van der Waals surface area contributed by atoms with Crippen LogP contribution in [0.5, 0.6) is 0 Å². The zero-order valence-electron chi connectivity index (χ0n) is 7.11. The lowest BCUT2D eigenvalue weighted by Crippen LogP contribution is -2.27. The predicted octanol–water partition coefficient (Wildman–Crippen LogP) is -1.47. The Bertz CT molecular complexity index is 398. The predicted molar refractivity (Wildman–Crippen MR) is 42.1 cm³/mol. The topological polar surface area (TPSA) is 128 Å². The molecule has 0 bridgehead atoms. The summed E-state index contributed by atoms with van der Waals surface area (Å²) in [6.45, 7) is 0. The van der Waals surface area contributed by atoms with Crippen LogP contribution in [0.15, 0.2) is 12.4 Å². The summed E-state index contributed by atoms with van der Waals surface area (Å²) in [7, 11) is -4.38. The van der Waals surface area contributed by atoms with Crippen LogP contribution in [-0.2, 0) is 28.4 Å². The average molecular weight is 235 g/mol. The Kier molecular flexibility index (Phi) is 3.33. The first-order chi connectivity index (χ1) is 6.99. The molecule has 0 atom stereocenters. The molecule has 9 nitrogen and oxygen atoms in total. The number of carbonyl (C=O) groups is 2. The first kappa shape index (κ1) is 11.1. The van der Waals surface area contributed by atoms with Crippen LogP contribution in [-0.4, -0.2) is 35.8 Å². The van der Waals surface area contributed by atoms with Crippen molar-refractivity contribution >= 4 is 22.3 Å². The molecule has 0 amide bonds. The number of hydrogen-bond donors (Lipinski definition) is 1. The SMILES string of the molecule is O=C1CC(=O)OS(=O)(=O)O1.c1cn[nH]n1. The summed E-state index contributed by atoms with van der Waals surface area (Å²) in [5.74, 6) is -2.23. The summed E-state index contributed by atoms with van der Waals surface area (Å²) < 4.78 is 27.6. The van der Waals surface area contributed by atoms with Gasteiger partial charge in [-0.3, -0.25) is 9.59 Å². The van der Waals surface area contributed by atoms with Gasteiger partial charge in [0.05, 0.1) is 12.4 Å². The largest absolute Gasteiger partial charge is 0.506 e. The normalized spacial score (nSPS) is 18.1. The van der Waals surface area contributed by atoms with Gasteiger partial charge in [-0.2, -0.15) is 15.4 Å². The van der Waals surface area contributed by atoms with Crippen molar-refractivity contribution in [2.45, 2.75) is 6.42 Å². The van der Waals surface area contributed by atoms with E-state index in [-0.39, 0.29) is 0 Å². The van der Waals surface area contributed by atoms with E-state index in [2.05, 4.69) is 23.8 Å². The van der Waals surface area contributed by atoms with E-state index in [1.54, 1.807) is 12.4 Å². The summed E-state index contributed by atoms with van der Waals surface area (Å²) in [5, 5.41) is 9.33. The molecule has 0 spiro atoms. The Morgan fingerprint density at radius 1 is 1.13 bits per heavy atom. The van der Waals surface area contributed by atoms with Crippen LogP contribution in [0, 0.1) is 0 Å². The van der Waals surface area contributed by atoms with Gasteiger partial charge in [-0.25, -0.2) is 0 Å². The van der Waals surface area contributed by atoms with Crippen LogP contribution in [0.1, 0.15) is 6.42 Å². The first-order valence-corrected chi connectivity index (χ1v) is 4.82. The number of aromatic nitrogens is 3. The van der Waals surface area contributed by atoms with Crippen molar-refractivity contribution in [3.05, 3.63) is 12.4 Å². The van der Waals surface area contributed by atoms with Crippen LogP contribution < -0.4 is 0 Å². The molecule has 82 valence electrons. The molecule has 1 N–H and O–H groups in total. The molecule has 0 saturated carbocycles. The molecule has 1 aromatic rings. The third-order valence-electron chi connectivity index (χ3n) is 1.01. The van der Waals surface area contributed by atoms with Crippen molar-refractivity contribution in [3.63, 3.8) is 0 Å². The highest BCUT2D eigenvalue weighted by Crippen LogP contribution is 2.07. The molecule has 1 fully saturated rings. The zero-order chi connectivity index (χ0) is 11.3. The quantitative estimate of drug-likeness (QED) is 0.539. The number of H-pyrrole nitrogens is 1. The molecule has 0 unspecified atom stereocenters. The standard InChI is InChI=1S/C3H2O6S.C2H3N3/c4-2-1-3(5)9-10(6,7)8-2;1-2-4-5-3-1/h1H2;1-2H,(H,3,4,5). The van der Waals surface area contributed by atoms with Crippen molar-refractivity contribution in [1.29, 1.82) is 0 Å². The summed E-state index contributed by atoms with van der Waals surface area (Å²) >= 11 is 0. The lowest BCUT2D eigenvalue weighted by atomic mass is 10.5. The van der Waals surface area contributed by atoms with Crippen LogP contribution >= 0.6 is 0 Å². The smallest absolute Gasteiger partial charge is 0.315 e. The molecule has 15 heavy (non-hydrogen) atoms. The van der Waals surface area contributed by atoms with Gasteiger partial charge in [0.25, 0.3) is 0 Å². The highest BCUT2D eigenvalue weighted by Gasteiger charge is 2.31. The lowest BCUT2D eigenvalue weighted by molar-refractivity contribution is -0.149. The second-order valence-corrected chi connectivity index (χ2v) is 3.30. The van der Waals surface area contributed by atoms with E-state index in [9.17, 15) is 18.0 Å². The van der Waals surface area contributed by atoms with Gasteiger partial charge in [0.15, 0.2) is 0 Å². The molecule has 10 heteroatoms. The van der Waals surface area contributed by atoms with Gasteiger partial charge in [-0.1, -0.05) is 0 Å². The van der Waals surface area contributed by atoms with E-state index >= 15 is 0 Å². The molecule has 0 aliphatic carbocycles. The Balaban J connectivity index is 0.000000187. The van der Waals surface area contributed by atoms with Gasteiger partial charge in [0.2, 0.25) is 0 Å². The van der Waals surface area contributed by atoms with Gasteiger partial charge in [-0.05, 0) is 0 Å². The number of hydrogen-bond acceptors (Lipinski definition) is 8. The molecule has 2 rings (SSSR count). The number of rotatable bonds is 0. The zero-order valence-corrected chi connectivity index (χ0v) is 7.93.